The van der Waals surface area contributed by atoms with E-state index in [2.05, 4.69) is 10.6 Å². The van der Waals surface area contributed by atoms with Crippen molar-refractivity contribution in [3.8, 4) is 5.75 Å². The second kappa shape index (κ2) is 7.35. The summed E-state index contributed by atoms with van der Waals surface area (Å²) in [7, 11) is 1.61. The lowest BCUT2D eigenvalue weighted by molar-refractivity contribution is -0.117. The van der Waals surface area contributed by atoms with Crippen molar-refractivity contribution in [2.45, 2.75) is 6.42 Å². The SMILES string of the molecule is COc1ccc(N2C[C@@H](CNC(=O)Nc3cccs3)CC2=O)cc1. The molecule has 3 amide bonds. The summed E-state index contributed by atoms with van der Waals surface area (Å²) in [5.74, 6) is 0.938. The molecular formula is C17H19N3O3S. The predicted octanol–water partition coefficient (Wildman–Crippen LogP) is 2.93. The van der Waals surface area contributed by atoms with Crippen LogP contribution in [0.3, 0.4) is 0 Å². The summed E-state index contributed by atoms with van der Waals surface area (Å²) < 4.78 is 5.13. The number of carbonyl (C=O) groups is 2. The Morgan fingerprint density at radius 3 is 2.79 bits per heavy atom. The number of methoxy groups -OCH3 is 1. The van der Waals surface area contributed by atoms with Crippen molar-refractivity contribution in [1.82, 2.24) is 5.32 Å². The highest BCUT2D eigenvalue weighted by atomic mass is 32.1. The zero-order valence-corrected chi connectivity index (χ0v) is 14.1. The second-order valence-electron chi connectivity index (χ2n) is 5.58. The van der Waals surface area contributed by atoms with Crippen LogP contribution >= 0.6 is 11.3 Å². The van der Waals surface area contributed by atoms with Crippen LogP contribution in [0.5, 0.6) is 5.75 Å². The van der Waals surface area contributed by atoms with Gasteiger partial charge in [-0.25, -0.2) is 4.79 Å². The van der Waals surface area contributed by atoms with Crippen molar-refractivity contribution >= 4 is 34.0 Å². The number of urea groups is 1. The maximum atomic E-state index is 12.2. The van der Waals surface area contributed by atoms with Crippen LogP contribution in [0, 0.1) is 5.92 Å². The lowest BCUT2D eigenvalue weighted by atomic mass is 10.1. The Hall–Kier alpha value is -2.54. The van der Waals surface area contributed by atoms with Gasteiger partial charge in [0.25, 0.3) is 0 Å². The first-order chi connectivity index (χ1) is 11.7. The summed E-state index contributed by atoms with van der Waals surface area (Å²) in [6.07, 6.45) is 0.436. The van der Waals surface area contributed by atoms with Crippen molar-refractivity contribution in [3.63, 3.8) is 0 Å². The molecule has 1 fully saturated rings. The molecule has 2 heterocycles. The van der Waals surface area contributed by atoms with Crippen molar-refractivity contribution < 1.29 is 14.3 Å². The topological polar surface area (TPSA) is 70.7 Å². The largest absolute Gasteiger partial charge is 0.497 e. The molecule has 1 saturated heterocycles. The standard InChI is InChI=1S/C17H19N3O3S/c1-23-14-6-4-13(5-7-14)20-11-12(9-16(20)21)10-18-17(22)19-15-3-2-8-24-15/h2-8,12H,9-11H2,1H3,(H2,18,19,22)/t12-/m1/s1. The lowest BCUT2D eigenvalue weighted by Crippen LogP contribution is -2.34. The van der Waals surface area contributed by atoms with Crippen molar-refractivity contribution in [2.75, 3.05) is 30.4 Å². The molecule has 2 aromatic rings. The summed E-state index contributed by atoms with van der Waals surface area (Å²) in [4.78, 5) is 25.8. The minimum atomic E-state index is -0.243. The van der Waals surface area contributed by atoms with Gasteiger partial charge in [-0.15, -0.1) is 11.3 Å². The summed E-state index contributed by atoms with van der Waals surface area (Å²) >= 11 is 1.47. The molecule has 7 heteroatoms. The van der Waals surface area contributed by atoms with Crippen molar-refractivity contribution in [3.05, 3.63) is 41.8 Å². The van der Waals surface area contributed by atoms with E-state index in [0.29, 0.717) is 19.5 Å². The normalized spacial score (nSPS) is 17.0. The van der Waals surface area contributed by atoms with Crippen LogP contribution < -0.4 is 20.3 Å². The van der Waals surface area contributed by atoms with Gasteiger partial charge in [0.05, 0.1) is 12.1 Å². The maximum Gasteiger partial charge on any atom is 0.319 e. The zero-order chi connectivity index (χ0) is 16.9. The number of benzene rings is 1. The number of hydrogen-bond acceptors (Lipinski definition) is 4. The summed E-state index contributed by atoms with van der Waals surface area (Å²) in [6.45, 7) is 1.07. The molecule has 3 rings (SSSR count). The lowest BCUT2D eigenvalue weighted by Gasteiger charge is -2.17. The number of nitrogens with one attached hydrogen (secondary N) is 2. The van der Waals surface area contributed by atoms with Gasteiger partial charge in [0, 0.05) is 31.1 Å². The molecule has 0 aliphatic carbocycles. The van der Waals surface area contributed by atoms with E-state index in [9.17, 15) is 9.59 Å². The fraction of sp³-hybridized carbons (Fsp3) is 0.294. The minimum Gasteiger partial charge on any atom is -0.497 e. The van der Waals surface area contributed by atoms with Gasteiger partial charge in [0.15, 0.2) is 0 Å². The first kappa shape index (κ1) is 16.3. The monoisotopic (exact) mass is 345 g/mol. The minimum absolute atomic E-state index is 0.0747. The number of carbonyl (C=O) groups excluding carboxylic acids is 2. The third kappa shape index (κ3) is 3.86. The summed E-state index contributed by atoms with van der Waals surface area (Å²) in [5.41, 5.74) is 0.853. The van der Waals surface area contributed by atoms with Gasteiger partial charge < -0.3 is 15.0 Å². The molecule has 0 radical (unpaired) electrons. The molecular weight excluding hydrogens is 326 g/mol. The smallest absolute Gasteiger partial charge is 0.319 e. The van der Waals surface area contributed by atoms with E-state index in [1.807, 2.05) is 41.8 Å². The quantitative estimate of drug-likeness (QED) is 0.875. The van der Waals surface area contributed by atoms with Crippen molar-refractivity contribution in [2.24, 2.45) is 5.92 Å². The van der Waals surface area contributed by atoms with Crippen LogP contribution in [0.4, 0.5) is 15.5 Å². The third-order valence-electron chi connectivity index (χ3n) is 3.90. The number of nitrogens with zero attached hydrogens (tertiary/aromatic N) is 1. The molecule has 1 atom stereocenters. The van der Waals surface area contributed by atoms with Gasteiger partial charge in [0.2, 0.25) is 5.91 Å². The maximum absolute atomic E-state index is 12.2. The van der Waals surface area contributed by atoms with E-state index in [1.54, 1.807) is 12.0 Å². The first-order valence-electron chi connectivity index (χ1n) is 7.68. The highest BCUT2D eigenvalue weighted by molar-refractivity contribution is 7.14. The number of thiophene rings is 1. The van der Waals surface area contributed by atoms with Gasteiger partial charge in [-0.2, -0.15) is 0 Å². The fourth-order valence-electron chi connectivity index (χ4n) is 2.67. The highest BCUT2D eigenvalue weighted by Crippen LogP contribution is 2.26. The van der Waals surface area contributed by atoms with E-state index in [1.165, 1.54) is 11.3 Å². The molecule has 1 aliphatic rings. The Labute approximate surface area is 144 Å². The van der Waals surface area contributed by atoms with Crippen LogP contribution in [0.15, 0.2) is 41.8 Å². The molecule has 1 aromatic carbocycles. The van der Waals surface area contributed by atoms with E-state index in [0.717, 1.165) is 16.4 Å². The fourth-order valence-corrected chi connectivity index (χ4v) is 3.29. The van der Waals surface area contributed by atoms with Crippen LogP contribution in [0.1, 0.15) is 6.42 Å². The van der Waals surface area contributed by atoms with Crippen LogP contribution in [0.25, 0.3) is 0 Å². The Bertz CT molecular complexity index is 700. The van der Waals surface area contributed by atoms with Crippen molar-refractivity contribution in [1.29, 1.82) is 0 Å². The van der Waals surface area contributed by atoms with Gasteiger partial charge in [0.1, 0.15) is 5.75 Å². The predicted molar refractivity (Wildman–Crippen MR) is 94.8 cm³/mol. The Kier molecular flexibility index (Phi) is 5.00. The molecule has 1 aliphatic heterocycles. The molecule has 0 spiro atoms. The number of ether oxygens (including phenoxy) is 1. The van der Waals surface area contributed by atoms with Gasteiger partial charge in [-0.05, 0) is 41.8 Å². The molecule has 6 nitrogen and oxygen atoms in total. The van der Waals surface area contributed by atoms with E-state index in [-0.39, 0.29) is 17.9 Å². The zero-order valence-electron chi connectivity index (χ0n) is 13.3. The van der Waals surface area contributed by atoms with E-state index in [4.69, 9.17) is 4.74 Å². The molecule has 24 heavy (non-hydrogen) atoms. The second-order valence-corrected chi connectivity index (χ2v) is 6.53. The van der Waals surface area contributed by atoms with Crippen LogP contribution in [-0.4, -0.2) is 32.1 Å². The highest BCUT2D eigenvalue weighted by Gasteiger charge is 2.30. The van der Waals surface area contributed by atoms with Crippen LogP contribution in [-0.2, 0) is 4.79 Å². The molecule has 0 saturated carbocycles. The van der Waals surface area contributed by atoms with Crippen LogP contribution in [0.2, 0.25) is 0 Å². The first-order valence-corrected chi connectivity index (χ1v) is 8.56. The average molecular weight is 345 g/mol. The van der Waals surface area contributed by atoms with Gasteiger partial charge in [-0.1, -0.05) is 0 Å². The number of rotatable bonds is 5. The van der Waals surface area contributed by atoms with Gasteiger partial charge in [-0.3, -0.25) is 10.1 Å². The Morgan fingerprint density at radius 2 is 2.12 bits per heavy atom. The number of hydrogen-bond donors (Lipinski definition) is 2. The number of anilines is 2. The molecule has 0 bridgehead atoms. The Balaban J connectivity index is 1.51. The molecule has 126 valence electrons. The summed E-state index contributed by atoms with van der Waals surface area (Å²) in [5, 5.41) is 8.30. The third-order valence-corrected chi connectivity index (χ3v) is 4.68. The molecule has 1 aromatic heterocycles. The summed E-state index contributed by atoms with van der Waals surface area (Å²) in [6, 6.07) is 10.9. The van der Waals surface area contributed by atoms with E-state index >= 15 is 0 Å². The average Bonchev–Trinajstić information content (AvgIpc) is 3.22. The molecule has 0 unspecified atom stereocenters. The van der Waals surface area contributed by atoms with Gasteiger partial charge >= 0.3 is 6.03 Å². The van der Waals surface area contributed by atoms with E-state index < -0.39 is 0 Å². The Morgan fingerprint density at radius 1 is 1.33 bits per heavy atom. The number of amides is 3. The molecule has 2 N–H and O–H groups in total.